The minimum Gasteiger partial charge on any atom is -0.395 e. The molecule has 0 saturated heterocycles. The Morgan fingerprint density at radius 1 is 1.19 bits per heavy atom. The Morgan fingerprint density at radius 2 is 1.81 bits per heavy atom. The van der Waals surface area contributed by atoms with E-state index in [1.165, 1.54) is 0 Å². The van der Waals surface area contributed by atoms with Crippen molar-refractivity contribution in [3.8, 4) is 0 Å². The number of allylic oxidation sites excluding steroid dienone is 3. The highest BCUT2D eigenvalue weighted by atomic mass is 19.4. The van der Waals surface area contributed by atoms with Crippen molar-refractivity contribution in [2.45, 2.75) is 12.6 Å². The fourth-order valence-corrected chi connectivity index (χ4v) is 1.08. The SMILES string of the molecule is N/C(=C\C/C=C/c1ccccc1)C(F)(F)F. The van der Waals surface area contributed by atoms with Gasteiger partial charge in [0.25, 0.3) is 0 Å². The number of nitrogens with two attached hydrogens (primary N) is 1. The van der Waals surface area contributed by atoms with Gasteiger partial charge in [0.2, 0.25) is 0 Å². The maximum atomic E-state index is 12.0. The molecule has 0 spiro atoms. The standard InChI is InChI=1S/C12H12F3N/c13-12(14,15)11(16)9-5-4-8-10-6-2-1-3-7-10/h1-4,6-9H,5,16H2/b8-4+,11-9-. The van der Waals surface area contributed by atoms with E-state index in [1.807, 2.05) is 30.3 Å². The molecule has 2 N–H and O–H groups in total. The Bertz CT molecular complexity index is 377. The first kappa shape index (κ1) is 12.4. The maximum Gasteiger partial charge on any atom is 0.430 e. The zero-order valence-electron chi connectivity index (χ0n) is 8.54. The lowest BCUT2D eigenvalue weighted by molar-refractivity contribution is -0.0928. The summed E-state index contributed by atoms with van der Waals surface area (Å²) in [6.45, 7) is 0. The molecule has 1 nitrogen and oxygen atoms in total. The van der Waals surface area contributed by atoms with Crippen LogP contribution >= 0.6 is 0 Å². The molecule has 1 rings (SSSR count). The summed E-state index contributed by atoms with van der Waals surface area (Å²) in [6, 6.07) is 9.33. The Hall–Kier alpha value is -1.71. The Labute approximate surface area is 92.1 Å². The summed E-state index contributed by atoms with van der Waals surface area (Å²) in [7, 11) is 0. The van der Waals surface area contributed by atoms with Crippen LogP contribution in [0.4, 0.5) is 13.2 Å². The second-order valence-electron chi connectivity index (χ2n) is 3.21. The molecule has 0 amide bonds. The zero-order valence-corrected chi connectivity index (χ0v) is 8.54. The lowest BCUT2D eigenvalue weighted by atomic mass is 10.2. The summed E-state index contributed by atoms with van der Waals surface area (Å²) >= 11 is 0. The van der Waals surface area contributed by atoms with Crippen LogP contribution in [0.5, 0.6) is 0 Å². The van der Waals surface area contributed by atoms with Gasteiger partial charge in [-0.15, -0.1) is 0 Å². The van der Waals surface area contributed by atoms with Crippen LogP contribution in [-0.2, 0) is 0 Å². The van der Waals surface area contributed by atoms with E-state index in [-0.39, 0.29) is 6.42 Å². The Kier molecular flexibility index (Phi) is 4.17. The molecule has 0 aliphatic carbocycles. The van der Waals surface area contributed by atoms with E-state index in [0.29, 0.717) is 0 Å². The number of hydrogen-bond donors (Lipinski definition) is 1. The second kappa shape index (κ2) is 5.39. The van der Waals surface area contributed by atoms with Gasteiger partial charge in [-0.1, -0.05) is 48.6 Å². The molecule has 1 aromatic carbocycles. The van der Waals surface area contributed by atoms with Crippen molar-refractivity contribution < 1.29 is 13.2 Å². The molecule has 16 heavy (non-hydrogen) atoms. The molecule has 1 aromatic rings. The van der Waals surface area contributed by atoms with E-state index < -0.39 is 11.9 Å². The number of hydrogen-bond acceptors (Lipinski definition) is 1. The lowest BCUT2D eigenvalue weighted by Crippen LogP contribution is -2.18. The highest BCUT2D eigenvalue weighted by Gasteiger charge is 2.30. The van der Waals surface area contributed by atoms with Crippen molar-refractivity contribution in [2.24, 2.45) is 5.73 Å². The van der Waals surface area contributed by atoms with Gasteiger partial charge in [-0.3, -0.25) is 0 Å². The van der Waals surface area contributed by atoms with Gasteiger partial charge in [0.1, 0.15) is 5.70 Å². The Morgan fingerprint density at radius 3 is 2.38 bits per heavy atom. The van der Waals surface area contributed by atoms with Crippen LogP contribution in [0.2, 0.25) is 0 Å². The van der Waals surface area contributed by atoms with E-state index in [4.69, 9.17) is 5.73 Å². The first-order valence-electron chi connectivity index (χ1n) is 4.74. The van der Waals surface area contributed by atoms with E-state index in [9.17, 15) is 13.2 Å². The monoisotopic (exact) mass is 227 g/mol. The van der Waals surface area contributed by atoms with Gasteiger partial charge >= 0.3 is 6.18 Å². The minimum atomic E-state index is -4.43. The molecule has 4 heteroatoms. The van der Waals surface area contributed by atoms with Gasteiger partial charge in [0.15, 0.2) is 0 Å². The molecule has 0 radical (unpaired) electrons. The summed E-state index contributed by atoms with van der Waals surface area (Å²) in [5, 5.41) is 0. The van der Waals surface area contributed by atoms with Crippen molar-refractivity contribution in [1.29, 1.82) is 0 Å². The lowest BCUT2D eigenvalue weighted by Gasteiger charge is -2.04. The third kappa shape index (κ3) is 4.21. The molecule has 0 bridgehead atoms. The van der Waals surface area contributed by atoms with Crippen molar-refractivity contribution in [1.82, 2.24) is 0 Å². The van der Waals surface area contributed by atoms with E-state index in [2.05, 4.69) is 0 Å². The van der Waals surface area contributed by atoms with Crippen LogP contribution in [0.15, 0.2) is 48.2 Å². The quantitative estimate of drug-likeness (QED) is 0.840. The number of alkyl halides is 3. The van der Waals surface area contributed by atoms with Crippen molar-refractivity contribution in [2.75, 3.05) is 0 Å². The summed E-state index contributed by atoms with van der Waals surface area (Å²) in [6.07, 6.45) is 0.0777. The van der Waals surface area contributed by atoms with Crippen LogP contribution in [0.3, 0.4) is 0 Å². The molecule has 0 atom stereocenters. The molecule has 0 heterocycles. The van der Waals surface area contributed by atoms with Crippen molar-refractivity contribution >= 4 is 6.08 Å². The fourth-order valence-electron chi connectivity index (χ4n) is 1.08. The topological polar surface area (TPSA) is 26.0 Å². The average molecular weight is 227 g/mol. The van der Waals surface area contributed by atoms with Crippen LogP contribution < -0.4 is 5.73 Å². The molecule has 0 aromatic heterocycles. The Balaban J connectivity index is 2.51. The predicted molar refractivity (Wildman–Crippen MR) is 58.4 cm³/mol. The first-order chi connectivity index (χ1) is 7.50. The van der Waals surface area contributed by atoms with Gasteiger partial charge < -0.3 is 5.73 Å². The van der Waals surface area contributed by atoms with Gasteiger partial charge in [-0.25, -0.2) is 0 Å². The van der Waals surface area contributed by atoms with Crippen LogP contribution in [0, 0.1) is 0 Å². The molecular weight excluding hydrogens is 215 g/mol. The third-order valence-electron chi connectivity index (χ3n) is 1.91. The zero-order chi connectivity index (χ0) is 12.0. The maximum absolute atomic E-state index is 12.0. The molecule has 0 unspecified atom stereocenters. The van der Waals surface area contributed by atoms with Crippen molar-refractivity contribution in [3.05, 3.63) is 53.7 Å². The van der Waals surface area contributed by atoms with E-state index in [0.717, 1.165) is 11.6 Å². The van der Waals surface area contributed by atoms with E-state index >= 15 is 0 Å². The number of benzene rings is 1. The molecule has 86 valence electrons. The van der Waals surface area contributed by atoms with Gasteiger partial charge in [0.05, 0.1) is 0 Å². The van der Waals surface area contributed by atoms with Gasteiger partial charge in [-0.2, -0.15) is 13.2 Å². The largest absolute Gasteiger partial charge is 0.430 e. The molecule has 0 aliphatic heterocycles. The summed E-state index contributed by atoms with van der Waals surface area (Å²) in [5.41, 5.74) is 4.73. The predicted octanol–water partition coefficient (Wildman–Crippen LogP) is 3.49. The average Bonchev–Trinajstić information content (AvgIpc) is 2.24. The van der Waals surface area contributed by atoms with Gasteiger partial charge in [-0.05, 0) is 12.0 Å². The minimum absolute atomic E-state index is 0.167. The number of halogens is 3. The van der Waals surface area contributed by atoms with Crippen LogP contribution in [0.1, 0.15) is 12.0 Å². The smallest absolute Gasteiger partial charge is 0.395 e. The normalized spacial score (nSPS) is 13.3. The van der Waals surface area contributed by atoms with Gasteiger partial charge in [0, 0.05) is 0 Å². The molecule has 0 saturated carbocycles. The molecule has 0 fully saturated rings. The summed E-state index contributed by atoms with van der Waals surface area (Å²) in [4.78, 5) is 0. The first-order valence-corrected chi connectivity index (χ1v) is 4.74. The molecule has 0 aliphatic rings. The van der Waals surface area contributed by atoms with Crippen molar-refractivity contribution in [3.63, 3.8) is 0 Å². The summed E-state index contributed by atoms with van der Waals surface area (Å²) < 4.78 is 35.9. The third-order valence-corrected chi connectivity index (χ3v) is 1.91. The highest BCUT2D eigenvalue weighted by Crippen LogP contribution is 2.21. The van der Waals surface area contributed by atoms with E-state index in [1.54, 1.807) is 12.2 Å². The van der Waals surface area contributed by atoms with Crippen LogP contribution in [-0.4, -0.2) is 6.18 Å². The van der Waals surface area contributed by atoms with Crippen LogP contribution in [0.25, 0.3) is 6.08 Å². The fraction of sp³-hybridized carbons (Fsp3) is 0.167. The highest BCUT2D eigenvalue weighted by molar-refractivity contribution is 5.48. The molecular formula is C12H12F3N. The second-order valence-corrected chi connectivity index (χ2v) is 3.21. The summed E-state index contributed by atoms with van der Waals surface area (Å²) in [5.74, 6) is 0. The number of rotatable bonds is 3.